The van der Waals surface area contributed by atoms with Crippen molar-refractivity contribution in [3.8, 4) is 11.5 Å². The first-order valence-corrected chi connectivity index (χ1v) is 7.58. The molecule has 118 valence electrons. The van der Waals surface area contributed by atoms with Crippen molar-refractivity contribution >= 4 is 39.2 Å². The molecule has 0 aromatic heterocycles. The van der Waals surface area contributed by atoms with Crippen molar-refractivity contribution in [1.29, 1.82) is 0 Å². The summed E-state index contributed by atoms with van der Waals surface area (Å²) in [6, 6.07) is 3.10. The Kier molecular flexibility index (Phi) is 4.92. The van der Waals surface area contributed by atoms with Crippen molar-refractivity contribution in [3.05, 3.63) is 33.4 Å². The van der Waals surface area contributed by atoms with Crippen LogP contribution >= 0.6 is 28.1 Å². The number of amides is 1. The van der Waals surface area contributed by atoms with E-state index in [0.29, 0.717) is 33.4 Å². The topological polar surface area (TPSA) is 85.6 Å². The van der Waals surface area contributed by atoms with Gasteiger partial charge in [0.2, 0.25) is 5.91 Å². The van der Waals surface area contributed by atoms with Gasteiger partial charge in [-0.3, -0.25) is 4.79 Å². The second-order valence-electron chi connectivity index (χ2n) is 4.66. The molecule has 1 aliphatic heterocycles. The summed E-state index contributed by atoms with van der Waals surface area (Å²) in [5.41, 5.74) is 7.24. The number of rotatable bonds is 4. The number of nitrogens with two attached hydrogens (primary N) is 1. The number of primary amides is 1. The lowest BCUT2D eigenvalue weighted by Crippen LogP contribution is -2.46. The van der Waals surface area contributed by atoms with Gasteiger partial charge >= 0.3 is 0 Å². The summed E-state index contributed by atoms with van der Waals surface area (Å²) >= 11 is 8.61. The maximum atomic E-state index is 11.9. The first kappa shape index (κ1) is 16.6. The molecule has 4 N–H and O–H groups in total. The fourth-order valence-electron chi connectivity index (χ4n) is 2.43. The molecule has 1 aromatic carbocycles. The van der Waals surface area contributed by atoms with Crippen LogP contribution in [0.3, 0.4) is 0 Å². The van der Waals surface area contributed by atoms with Crippen LogP contribution in [0.2, 0.25) is 0 Å². The molecular weight excluding hydrogens is 370 g/mol. The third kappa shape index (κ3) is 3.02. The lowest BCUT2D eigenvalue weighted by molar-refractivity contribution is -0.115. The minimum Gasteiger partial charge on any atom is -0.493 e. The van der Waals surface area contributed by atoms with Crippen LogP contribution in [0.5, 0.6) is 11.5 Å². The Balaban J connectivity index is 2.67. The Labute approximate surface area is 142 Å². The Bertz CT molecular complexity index is 676. The highest BCUT2D eigenvalue weighted by atomic mass is 79.9. The predicted molar refractivity (Wildman–Crippen MR) is 90.8 cm³/mol. The van der Waals surface area contributed by atoms with E-state index in [1.54, 1.807) is 20.1 Å². The average Bonchev–Trinajstić information content (AvgIpc) is 2.44. The van der Waals surface area contributed by atoms with Gasteiger partial charge in [0.25, 0.3) is 0 Å². The molecule has 1 unspecified atom stereocenters. The number of ether oxygens (including phenoxy) is 2. The fourth-order valence-corrected chi connectivity index (χ4v) is 3.15. The number of allylic oxidation sites excluding steroid dienone is 1. The van der Waals surface area contributed by atoms with Crippen LogP contribution in [0.15, 0.2) is 27.9 Å². The summed E-state index contributed by atoms with van der Waals surface area (Å²) in [6.07, 6.45) is 0. The zero-order chi connectivity index (χ0) is 16.4. The second-order valence-corrected chi connectivity index (χ2v) is 5.99. The van der Waals surface area contributed by atoms with Gasteiger partial charge < -0.3 is 25.8 Å². The molecule has 6 nitrogen and oxygen atoms in total. The van der Waals surface area contributed by atoms with Gasteiger partial charge in [-0.2, -0.15) is 0 Å². The number of methoxy groups -OCH3 is 2. The summed E-state index contributed by atoms with van der Waals surface area (Å²) < 4.78 is 11.6. The van der Waals surface area contributed by atoms with Gasteiger partial charge in [0, 0.05) is 15.7 Å². The van der Waals surface area contributed by atoms with Crippen LogP contribution in [0.4, 0.5) is 0 Å². The monoisotopic (exact) mass is 385 g/mol. The van der Waals surface area contributed by atoms with Crippen molar-refractivity contribution < 1.29 is 14.3 Å². The first-order chi connectivity index (χ1) is 10.4. The van der Waals surface area contributed by atoms with Crippen molar-refractivity contribution in [1.82, 2.24) is 10.6 Å². The van der Waals surface area contributed by atoms with E-state index in [-0.39, 0.29) is 0 Å². The summed E-state index contributed by atoms with van der Waals surface area (Å²) in [7, 11) is 3.08. The maximum absolute atomic E-state index is 11.9. The van der Waals surface area contributed by atoms with Crippen molar-refractivity contribution in [2.45, 2.75) is 13.0 Å². The highest BCUT2D eigenvalue weighted by molar-refractivity contribution is 9.10. The number of benzene rings is 1. The number of hydrogen-bond donors (Lipinski definition) is 3. The van der Waals surface area contributed by atoms with E-state index < -0.39 is 11.9 Å². The summed E-state index contributed by atoms with van der Waals surface area (Å²) in [6.45, 7) is 1.75. The molecule has 1 aliphatic rings. The smallest absolute Gasteiger partial charge is 0.248 e. The number of halogens is 1. The highest BCUT2D eigenvalue weighted by Crippen LogP contribution is 2.41. The molecule has 22 heavy (non-hydrogen) atoms. The molecule has 1 amide bonds. The number of carbonyl (C=O) groups is 1. The van der Waals surface area contributed by atoms with E-state index in [0.717, 1.165) is 4.47 Å². The number of hydrogen-bond acceptors (Lipinski definition) is 4. The van der Waals surface area contributed by atoms with Gasteiger partial charge in [0.05, 0.1) is 25.8 Å². The van der Waals surface area contributed by atoms with E-state index in [2.05, 4.69) is 26.6 Å². The lowest BCUT2D eigenvalue weighted by Gasteiger charge is -2.30. The minimum atomic E-state index is -0.536. The number of thiocarbonyl (C=S) groups is 1. The van der Waals surface area contributed by atoms with Gasteiger partial charge in [0.1, 0.15) is 0 Å². The van der Waals surface area contributed by atoms with Gasteiger partial charge in [-0.1, -0.05) is 15.9 Å². The second kappa shape index (κ2) is 6.53. The zero-order valence-corrected chi connectivity index (χ0v) is 14.7. The third-order valence-electron chi connectivity index (χ3n) is 3.32. The largest absolute Gasteiger partial charge is 0.493 e. The molecule has 2 rings (SSSR count). The van der Waals surface area contributed by atoms with E-state index in [9.17, 15) is 4.79 Å². The molecule has 1 aromatic rings. The summed E-state index contributed by atoms with van der Waals surface area (Å²) in [4.78, 5) is 11.9. The van der Waals surface area contributed by atoms with Crippen LogP contribution in [0.1, 0.15) is 18.5 Å². The van der Waals surface area contributed by atoms with Crippen molar-refractivity contribution in [3.63, 3.8) is 0 Å². The maximum Gasteiger partial charge on any atom is 0.248 e. The number of nitrogens with one attached hydrogen (secondary N) is 2. The number of carbonyl (C=O) groups excluding carboxylic acids is 1. The average molecular weight is 386 g/mol. The van der Waals surface area contributed by atoms with E-state index in [1.165, 1.54) is 7.11 Å². The molecule has 1 atom stereocenters. The molecule has 0 saturated carbocycles. The predicted octanol–water partition coefficient (Wildman–Crippen LogP) is 1.74. The van der Waals surface area contributed by atoms with Crippen LogP contribution in [-0.4, -0.2) is 25.2 Å². The highest BCUT2D eigenvalue weighted by Gasteiger charge is 2.31. The Morgan fingerprint density at radius 3 is 2.59 bits per heavy atom. The fraction of sp³-hybridized carbons (Fsp3) is 0.286. The van der Waals surface area contributed by atoms with Gasteiger partial charge in [0.15, 0.2) is 16.6 Å². The first-order valence-electron chi connectivity index (χ1n) is 6.38. The van der Waals surface area contributed by atoms with E-state index in [1.807, 2.05) is 6.07 Å². The molecule has 0 radical (unpaired) electrons. The van der Waals surface area contributed by atoms with Crippen LogP contribution in [-0.2, 0) is 4.79 Å². The molecule has 0 aliphatic carbocycles. The molecule has 8 heteroatoms. The lowest BCUT2D eigenvalue weighted by atomic mass is 9.94. The molecule has 1 heterocycles. The molecule has 0 fully saturated rings. The van der Waals surface area contributed by atoms with Crippen LogP contribution in [0, 0.1) is 0 Å². The zero-order valence-electron chi connectivity index (χ0n) is 12.3. The van der Waals surface area contributed by atoms with Crippen LogP contribution < -0.4 is 25.8 Å². The van der Waals surface area contributed by atoms with Gasteiger partial charge in [-0.25, -0.2) is 0 Å². The molecule has 0 saturated heterocycles. The quantitative estimate of drug-likeness (QED) is 0.684. The summed E-state index contributed by atoms with van der Waals surface area (Å²) in [5.74, 6) is 0.519. The van der Waals surface area contributed by atoms with Crippen molar-refractivity contribution in [2.75, 3.05) is 14.2 Å². The molecule has 0 bridgehead atoms. The molecular formula is C14H16BrN3O3S. The minimum absolute atomic E-state index is 0.395. The normalized spacial score (nSPS) is 17.6. The third-order valence-corrected chi connectivity index (χ3v) is 4.00. The Hall–Kier alpha value is -1.80. The Morgan fingerprint density at radius 2 is 2.05 bits per heavy atom. The standard InChI is InChI=1S/C14H16BrN3O3S/c1-6-10(13(16)19)11(18-14(22)17-6)8-4-7(15)5-9(20-2)12(8)21-3/h4-5,11H,1-3H3,(H2,16,19)(H2,17,18,22). The van der Waals surface area contributed by atoms with Crippen LogP contribution in [0.25, 0.3) is 0 Å². The van der Waals surface area contributed by atoms with Gasteiger partial charge in [-0.15, -0.1) is 0 Å². The SMILES string of the molecule is COc1cc(Br)cc(C2NC(=S)NC(C)=C2C(N)=O)c1OC. The van der Waals surface area contributed by atoms with E-state index in [4.69, 9.17) is 27.4 Å². The Morgan fingerprint density at radius 1 is 1.36 bits per heavy atom. The van der Waals surface area contributed by atoms with Gasteiger partial charge in [-0.05, 0) is 31.3 Å². The molecule has 0 spiro atoms. The van der Waals surface area contributed by atoms with E-state index >= 15 is 0 Å². The van der Waals surface area contributed by atoms with Crippen molar-refractivity contribution in [2.24, 2.45) is 5.73 Å². The summed E-state index contributed by atoms with van der Waals surface area (Å²) in [5, 5.41) is 6.37.